The van der Waals surface area contributed by atoms with Crippen molar-refractivity contribution < 1.29 is 0 Å². The molecule has 2 heterocycles. The Kier molecular flexibility index (Phi) is 4.65. The van der Waals surface area contributed by atoms with Crippen LogP contribution in [0.3, 0.4) is 0 Å². The summed E-state index contributed by atoms with van der Waals surface area (Å²) in [6.45, 7) is 4.58. The van der Waals surface area contributed by atoms with Crippen LogP contribution in [-0.4, -0.2) is 31.6 Å². The molecular weight excluding hydrogens is 240 g/mol. The molecule has 0 spiro atoms. The van der Waals surface area contributed by atoms with Crippen LogP contribution in [0.4, 0.5) is 0 Å². The third-order valence-electron chi connectivity index (χ3n) is 3.08. The molecule has 2 nitrogen and oxygen atoms in total. The number of nitrogens with zero attached hydrogens (tertiary/aromatic N) is 1. The summed E-state index contributed by atoms with van der Waals surface area (Å²) in [6.07, 6.45) is 2.70. The second kappa shape index (κ2) is 6.01. The van der Waals surface area contributed by atoms with Crippen LogP contribution in [0.1, 0.15) is 17.7 Å². The molecule has 4 heteroatoms. The zero-order valence-electron chi connectivity index (χ0n) is 9.71. The van der Waals surface area contributed by atoms with Crippen LogP contribution in [0.25, 0.3) is 0 Å². The number of hydrogen-bond donors (Lipinski definition) is 1. The van der Waals surface area contributed by atoms with E-state index < -0.39 is 0 Å². The molecule has 0 saturated carbocycles. The third kappa shape index (κ3) is 3.74. The molecule has 1 atom stereocenters. The van der Waals surface area contributed by atoms with Crippen LogP contribution < -0.4 is 5.32 Å². The number of likely N-dealkylation sites (tertiary alicyclic amines) is 1. The third-order valence-corrected chi connectivity index (χ3v) is 4.36. The van der Waals surface area contributed by atoms with E-state index in [1.54, 1.807) is 11.3 Å². The minimum Gasteiger partial charge on any atom is -0.312 e. The fourth-order valence-electron chi connectivity index (χ4n) is 2.29. The molecule has 1 aromatic rings. The van der Waals surface area contributed by atoms with Crippen molar-refractivity contribution >= 4 is 22.9 Å². The summed E-state index contributed by atoms with van der Waals surface area (Å²) >= 11 is 7.61. The maximum atomic E-state index is 5.88. The number of hydrogen-bond acceptors (Lipinski definition) is 3. The van der Waals surface area contributed by atoms with Gasteiger partial charge in [-0.05, 0) is 45.0 Å². The first-order valence-electron chi connectivity index (χ1n) is 5.86. The topological polar surface area (TPSA) is 15.3 Å². The SMILES string of the molecule is CN1CCCC(CNCc2cc(Cl)cs2)C1. The van der Waals surface area contributed by atoms with Crippen molar-refractivity contribution in [3.8, 4) is 0 Å². The molecule has 1 fully saturated rings. The monoisotopic (exact) mass is 258 g/mol. The molecule has 16 heavy (non-hydrogen) atoms. The highest BCUT2D eigenvalue weighted by Gasteiger charge is 2.16. The van der Waals surface area contributed by atoms with Crippen LogP contribution in [0.5, 0.6) is 0 Å². The number of piperidine rings is 1. The fraction of sp³-hybridized carbons (Fsp3) is 0.667. The zero-order valence-corrected chi connectivity index (χ0v) is 11.3. The molecule has 1 N–H and O–H groups in total. The lowest BCUT2D eigenvalue weighted by molar-refractivity contribution is 0.206. The molecule has 0 bridgehead atoms. The highest BCUT2D eigenvalue weighted by Crippen LogP contribution is 2.19. The molecule has 1 saturated heterocycles. The van der Waals surface area contributed by atoms with E-state index in [4.69, 9.17) is 11.6 Å². The predicted octanol–water partition coefficient (Wildman–Crippen LogP) is 2.83. The summed E-state index contributed by atoms with van der Waals surface area (Å²) in [7, 11) is 2.21. The lowest BCUT2D eigenvalue weighted by Gasteiger charge is -2.29. The van der Waals surface area contributed by atoms with Crippen molar-refractivity contribution in [3.05, 3.63) is 21.3 Å². The molecule has 0 amide bonds. The lowest BCUT2D eigenvalue weighted by Crippen LogP contribution is -2.37. The quantitative estimate of drug-likeness (QED) is 0.894. The standard InChI is InChI=1S/C12H19ClN2S/c1-15-4-2-3-10(8-15)6-14-7-12-5-11(13)9-16-12/h5,9-10,14H,2-4,6-8H2,1H3. The van der Waals surface area contributed by atoms with Gasteiger partial charge in [0.15, 0.2) is 0 Å². The van der Waals surface area contributed by atoms with Gasteiger partial charge in [-0.3, -0.25) is 0 Å². The maximum Gasteiger partial charge on any atom is 0.0516 e. The van der Waals surface area contributed by atoms with Crippen molar-refractivity contribution in [3.63, 3.8) is 0 Å². The first-order chi connectivity index (χ1) is 7.74. The van der Waals surface area contributed by atoms with Gasteiger partial charge in [0.1, 0.15) is 0 Å². The number of nitrogens with one attached hydrogen (secondary N) is 1. The van der Waals surface area contributed by atoms with Gasteiger partial charge in [0.05, 0.1) is 5.02 Å². The first kappa shape index (κ1) is 12.4. The van der Waals surface area contributed by atoms with E-state index in [0.29, 0.717) is 0 Å². The molecule has 0 aliphatic carbocycles. The van der Waals surface area contributed by atoms with Gasteiger partial charge < -0.3 is 10.2 Å². The normalized spacial score (nSPS) is 22.5. The van der Waals surface area contributed by atoms with Crippen molar-refractivity contribution in [1.29, 1.82) is 0 Å². The van der Waals surface area contributed by atoms with Crippen LogP contribution in [0.2, 0.25) is 5.02 Å². The average molecular weight is 259 g/mol. The van der Waals surface area contributed by atoms with E-state index in [9.17, 15) is 0 Å². The Morgan fingerprint density at radius 1 is 1.62 bits per heavy atom. The van der Waals surface area contributed by atoms with E-state index in [1.807, 2.05) is 11.4 Å². The van der Waals surface area contributed by atoms with Crippen LogP contribution in [-0.2, 0) is 6.54 Å². The van der Waals surface area contributed by atoms with Crippen molar-refractivity contribution in [1.82, 2.24) is 10.2 Å². The Morgan fingerprint density at radius 2 is 2.50 bits per heavy atom. The summed E-state index contributed by atoms with van der Waals surface area (Å²) < 4.78 is 0. The summed E-state index contributed by atoms with van der Waals surface area (Å²) in [4.78, 5) is 3.76. The number of thiophene rings is 1. The molecule has 1 unspecified atom stereocenters. The van der Waals surface area contributed by atoms with Crippen LogP contribution in [0.15, 0.2) is 11.4 Å². The van der Waals surface area contributed by atoms with Crippen LogP contribution >= 0.6 is 22.9 Å². The van der Waals surface area contributed by atoms with Gasteiger partial charge in [-0.25, -0.2) is 0 Å². The fourth-order valence-corrected chi connectivity index (χ4v) is 3.33. The van der Waals surface area contributed by atoms with Gasteiger partial charge >= 0.3 is 0 Å². The highest BCUT2D eigenvalue weighted by molar-refractivity contribution is 7.10. The molecule has 1 aliphatic heterocycles. The highest BCUT2D eigenvalue weighted by atomic mass is 35.5. The molecule has 90 valence electrons. The van der Waals surface area contributed by atoms with E-state index >= 15 is 0 Å². The number of rotatable bonds is 4. The second-order valence-corrected chi connectivity index (χ2v) is 6.06. The molecule has 1 aromatic heterocycles. The van der Waals surface area contributed by atoms with E-state index in [2.05, 4.69) is 17.3 Å². The molecule has 2 rings (SSSR count). The smallest absolute Gasteiger partial charge is 0.0516 e. The molecule has 0 radical (unpaired) electrons. The average Bonchev–Trinajstić information content (AvgIpc) is 2.64. The Morgan fingerprint density at radius 3 is 3.19 bits per heavy atom. The summed E-state index contributed by atoms with van der Waals surface area (Å²) in [5.41, 5.74) is 0. The molecule has 0 aromatic carbocycles. The lowest BCUT2D eigenvalue weighted by atomic mass is 9.98. The largest absolute Gasteiger partial charge is 0.312 e. The Bertz CT molecular complexity index is 327. The summed E-state index contributed by atoms with van der Waals surface area (Å²) in [6, 6.07) is 2.05. The predicted molar refractivity (Wildman–Crippen MR) is 71.3 cm³/mol. The van der Waals surface area contributed by atoms with Crippen LogP contribution in [0, 0.1) is 5.92 Å². The van der Waals surface area contributed by atoms with Gasteiger partial charge in [-0.15, -0.1) is 11.3 Å². The zero-order chi connectivity index (χ0) is 11.4. The number of halogens is 1. The molecule has 1 aliphatic rings. The minimum absolute atomic E-state index is 0.814. The minimum atomic E-state index is 0.814. The van der Waals surface area contributed by atoms with Gasteiger partial charge in [0, 0.05) is 23.3 Å². The summed E-state index contributed by atoms with van der Waals surface area (Å²) in [5, 5.41) is 6.38. The Labute approximate surface area is 107 Å². The Hall–Kier alpha value is -0.0900. The second-order valence-electron chi connectivity index (χ2n) is 4.63. The Balaban J connectivity index is 1.67. The van der Waals surface area contributed by atoms with E-state index in [-0.39, 0.29) is 0 Å². The molecular formula is C12H19ClN2S. The van der Waals surface area contributed by atoms with Gasteiger partial charge in [-0.2, -0.15) is 0 Å². The van der Waals surface area contributed by atoms with E-state index in [0.717, 1.165) is 24.0 Å². The van der Waals surface area contributed by atoms with Gasteiger partial charge in [-0.1, -0.05) is 11.6 Å². The van der Waals surface area contributed by atoms with Gasteiger partial charge in [0.2, 0.25) is 0 Å². The van der Waals surface area contributed by atoms with Crippen molar-refractivity contribution in [2.45, 2.75) is 19.4 Å². The first-order valence-corrected chi connectivity index (χ1v) is 7.12. The van der Waals surface area contributed by atoms with Gasteiger partial charge in [0.25, 0.3) is 0 Å². The maximum absolute atomic E-state index is 5.88. The van der Waals surface area contributed by atoms with Crippen molar-refractivity contribution in [2.24, 2.45) is 5.92 Å². The van der Waals surface area contributed by atoms with E-state index in [1.165, 1.54) is 30.8 Å². The summed E-state index contributed by atoms with van der Waals surface area (Å²) in [5.74, 6) is 0.814. The van der Waals surface area contributed by atoms with Crippen molar-refractivity contribution in [2.75, 3.05) is 26.7 Å².